The van der Waals surface area contributed by atoms with E-state index in [1.54, 1.807) is 6.92 Å². The van der Waals surface area contributed by atoms with E-state index in [9.17, 15) is 9.59 Å². The number of nitrogens with one attached hydrogen (secondary N) is 1. The number of ether oxygens (including phenoxy) is 1. The Hall–Kier alpha value is -1.36. The molecule has 0 radical (unpaired) electrons. The summed E-state index contributed by atoms with van der Waals surface area (Å²) in [4.78, 5) is 22.5. The number of aliphatic carboxylic acids is 1. The second-order valence-corrected chi connectivity index (χ2v) is 4.06. The third kappa shape index (κ3) is 3.66. The molecule has 0 saturated carbocycles. The minimum absolute atomic E-state index is 0.244. The summed E-state index contributed by atoms with van der Waals surface area (Å²) in [6.07, 6.45) is 1.25. The van der Waals surface area contributed by atoms with E-state index in [0.717, 1.165) is 12.0 Å². The summed E-state index contributed by atoms with van der Waals surface area (Å²) >= 11 is 0. The third-order valence-corrected chi connectivity index (χ3v) is 2.39. The first kappa shape index (κ1) is 12.7. The van der Waals surface area contributed by atoms with E-state index < -0.39 is 18.1 Å². The van der Waals surface area contributed by atoms with Gasteiger partial charge in [-0.2, -0.15) is 0 Å². The maximum absolute atomic E-state index is 11.6. The van der Waals surface area contributed by atoms with Gasteiger partial charge in [-0.05, 0) is 26.2 Å². The Labute approximate surface area is 94.5 Å². The lowest BCUT2D eigenvalue weighted by Crippen LogP contribution is -2.45. The van der Waals surface area contributed by atoms with Crippen molar-refractivity contribution in [1.82, 2.24) is 5.32 Å². The molecule has 5 nitrogen and oxygen atoms in total. The number of carbonyl (C=O) groups excluding carboxylic acids is 1. The zero-order chi connectivity index (χ0) is 12.1. The lowest BCUT2D eigenvalue weighted by atomic mass is 10.1. The fourth-order valence-electron chi connectivity index (χ4n) is 1.60. The Morgan fingerprint density at radius 1 is 1.62 bits per heavy atom. The molecule has 2 atom stereocenters. The molecular formula is C11H17NO4. The minimum Gasteiger partial charge on any atom is -0.480 e. The Morgan fingerprint density at radius 3 is 2.75 bits per heavy atom. The highest BCUT2D eigenvalue weighted by molar-refractivity contribution is 5.86. The number of hydrogen-bond acceptors (Lipinski definition) is 3. The van der Waals surface area contributed by atoms with Crippen molar-refractivity contribution < 1.29 is 19.4 Å². The van der Waals surface area contributed by atoms with Crippen LogP contribution < -0.4 is 5.32 Å². The molecule has 5 heteroatoms. The fraction of sp³-hybridized carbons (Fsp3) is 0.636. The van der Waals surface area contributed by atoms with E-state index in [1.165, 1.54) is 0 Å². The van der Waals surface area contributed by atoms with Crippen molar-refractivity contribution in [2.24, 2.45) is 0 Å². The Morgan fingerprint density at radius 2 is 2.31 bits per heavy atom. The summed E-state index contributed by atoms with van der Waals surface area (Å²) in [5.41, 5.74) is 0.722. The highest BCUT2D eigenvalue weighted by Gasteiger charge is 2.27. The predicted octanol–water partition coefficient (Wildman–Crippen LogP) is 0.701. The van der Waals surface area contributed by atoms with Gasteiger partial charge in [0.25, 0.3) is 0 Å². The molecule has 1 amide bonds. The van der Waals surface area contributed by atoms with Gasteiger partial charge in [0.15, 0.2) is 0 Å². The maximum atomic E-state index is 11.6. The van der Waals surface area contributed by atoms with Gasteiger partial charge < -0.3 is 15.2 Å². The molecule has 2 N–H and O–H groups in total. The molecule has 0 unspecified atom stereocenters. The van der Waals surface area contributed by atoms with Crippen LogP contribution in [0, 0.1) is 0 Å². The number of carboxylic acid groups (broad SMARTS) is 1. The Balaban J connectivity index is 2.50. The molecule has 0 aliphatic carbocycles. The van der Waals surface area contributed by atoms with Crippen LogP contribution in [0.3, 0.4) is 0 Å². The van der Waals surface area contributed by atoms with Gasteiger partial charge in [0.05, 0.1) is 0 Å². The molecule has 1 saturated heterocycles. The first-order valence-electron chi connectivity index (χ1n) is 5.30. The third-order valence-electron chi connectivity index (χ3n) is 2.39. The predicted molar refractivity (Wildman–Crippen MR) is 58.0 cm³/mol. The van der Waals surface area contributed by atoms with Crippen molar-refractivity contribution >= 4 is 11.9 Å². The molecule has 0 spiro atoms. The average Bonchev–Trinajstić information content (AvgIpc) is 2.68. The lowest BCUT2D eigenvalue weighted by molar-refractivity contribution is -0.143. The molecule has 0 bridgehead atoms. The number of carbonyl (C=O) groups is 2. The molecule has 0 aromatic rings. The highest BCUT2D eigenvalue weighted by Crippen LogP contribution is 2.12. The standard InChI is InChI=1S/C11H17NO4/c1-7(2)6-8(11(14)15)12-10(13)9-4-3-5-16-9/h8-9H,1,3-6H2,2H3,(H,12,13)(H,14,15)/t8-,9-/m0/s1. The molecule has 0 aromatic heterocycles. The van der Waals surface area contributed by atoms with Crippen LogP contribution in [-0.2, 0) is 14.3 Å². The topological polar surface area (TPSA) is 75.6 Å². The van der Waals surface area contributed by atoms with Gasteiger partial charge in [0.2, 0.25) is 5.91 Å². The van der Waals surface area contributed by atoms with Crippen LogP contribution in [0.25, 0.3) is 0 Å². The average molecular weight is 227 g/mol. The summed E-state index contributed by atoms with van der Waals surface area (Å²) in [5.74, 6) is -1.39. The van der Waals surface area contributed by atoms with Crippen LogP contribution in [0.4, 0.5) is 0 Å². The van der Waals surface area contributed by atoms with E-state index in [-0.39, 0.29) is 12.3 Å². The van der Waals surface area contributed by atoms with E-state index >= 15 is 0 Å². The van der Waals surface area contributed by atoms with Crippen molar-refractivity contribution in [2.75, 3.05) is 6.61 Å². The molecule has 1 heterocycles. The van der Waals surface area contributed by atoms with Crippen LogP contribution in [0.1, 0.15) is 26.2 Å². The Bertz CT molecular complexity index is 294. The second-order valence-electron chi connectivity index (χ2n) is 4.06. The number of rotatable bonds is 5. The molecule has 1 aliphatic rings. The molecule has 16 heavy (non-hydrogen) atoms. The van der Waals surface area contributed by atoms with Gasteiger partial charge in [-0.1, -0.05) is 5.57 Å². The Kier molecular flexibility index (Phi) is 4.49. The lowest BCUT2D eigenvalue weighted by Gasteiger charge is -2.17. The van der Waals surface area contributed by atoms with Gasteiger partial charge in [-0.25, -0.2) is 4.79 Å². The summed E-state index contributed by atoms with van der Waals surface area (Å²) < 4.78 is 5.17. The number of hydrogen-bond donors (Lipinski definition) is 2. The van der Waals surface area contributed by atoms with Gasteiger partial charge in [0, 0.05) is 6.61 Å². The van der Waals surface area contributed by atoms with Crippen LogP contribution in [0.15, 0.2) is 12.2 Å². The van der Waals surface area contributed by atoms with Crippen molar-refractivity contribution in [3.05, 3.63) is 12.2 Å². The highest BCUT2D eigenvalue weighted by atomic mass is 16.5. The van der Waals surface area contributed by atoms with E-state index in [2.05, 4.69) is 11.9 Å². The minimum atomic E-state index is -1.05. The van der Waals surface area contributed by atoms with Gasteiger partial charge in [-0.3, -0.25) is 4.79 Å². The first-order valence-corrected chi connectivity index (χ1v) is 5.30. The largest absolute Gasteiger partial charge is 0.480 e. The van der Waals surface area contributed by atoms with Crippen molar-refractivity contribution in [3.8, 4) is 0 Å². The summed E-state index contributed by atoms with van der Waals surface area (Å²) in [7, 11) is 0. The zero-order valence-corrected chi connectivity index (χ0v) is 9.36. The summed E-state index contributed by atoms with van der Waals surface area (Å²) in [6, 6.07) is -0.908. The van der Waals surface area contributed by atoms with Crippen molar-refractivity contribution in [2.45, 2.75) is 38.3 Å². The van der Waals surface area contributed by atoms with Gasteiger partial charge in [0.1, 0.15) is 12.1 Å². The number of amides is 1. The molecule has 0 aromatic carbocycles. The molecule has 1 rings (SSSR count). The van der Waals surface area contributed by atoms with E-state index in [0.29, 0.717) is 13.0 Å². The molecule has 1 aliphatic heterocycles. The smallest absolute Gasteiger partial charge is 0.326 e. The van der Waals surface area contributed by atoms with E-state index in [1.807, 2.05) is 0 Å². The van der Waals surface area contributed by atoms with Crippen LogP contribution in [-0.4, -0.2) is 35.7 Å². The molecular weight excluding hydrogens is 210 g/mol. The fourth-order valence-corrected chi connectivity index (χ4v) is 1.60. The van der Waals surface area contributed by atoms with Crippen LogP contribution in [0.2, 0.25) is 0 Å². The summed E-state index contributed by atoms with van der Waals surface area (Å²) in [5, 5.41) is 11.4. The van der Waals surface area contributed by atoms with Crippen LogP contribution >= 0.6 is 0 Å². The van der Waals surface area contributed by atoms with Crippen molar-refractivity contribution in [1.29, 1.82) is 0 Å². The van der Waals surface area contributed by atoms with Crippen LogP contribution in [0.5, 0.6) is 0 Å². The monoisotopic (exact) mass is 227 g/mol. The van der Waals surface area contributed by atoms with Gasteiger partial charge in [-0.15, -0.1) is 6.58 Å². The van der Waals surface area contributed by atoms with E-state index in [4.69, 9.17) is 9.84 Å². The number of carboxylic acids is 1. The first-order chi connectivity index (χ1) is 7.50. The van der Waals surface area contributed by atoms with Gasteiger partial charge >= 0.3 is 5.97 Å². The zero-order valence-electron chi connectivity index (χ0n) is 9.36. The second kappa shape index (κ2) is 5.65. The molecule has 90 valence electrons. The SMILES string of the molecule is C=C(C)C[C@H](NC(=O)[C@@H]1CCCO1)C(=O)O. The molecule has 1 fully saturated rings. The quantitative estimate of drug-likeness (QED) is 0.678. The summed E-state index contributed by atoms with van der Waals surface area (Å²) in [6.45, 7) is 5.93. The normalized spacial score (nSPS) is 21.4. The van der Waals surface area contributed by atoms with Crippen molar-refractivity contribution in [3.63, 3.8) is 0 Å². The maximum Gasteiger partial charge on any atom is 0.326 e.